The summed E-state index contributed by atoms with van der Waals surface area (Å²) in [4.78, 5) is 19.4. The Balaban J connectivity index is 3.62. The summed E-state index contributed by atoms with van der Waals surface area (Å²) in [6, 6.07) is 0. The molecule has 0 aromatic heterocycles. The molecule has 2 N–H and O–H groups in total. The van der Waals surface area contributed by atoms with Gasteiger partial charge in [-0.3, -0.25) is 9.59 Å². The first-order chi connectivity index (χ1) is 3.72. The maximum absolute atomic E-state index is 9.96. The van der Waals surface area contributed by atoms with Crippen molar-refractivity contribution in [1.29, 1.82) is 0 Å². The summed E-state index contributed by atoms with van der Waals surface area (Å²) < 4.78 is 0. The highest BCUT2D eigenvalue weighted by molar-refractivity contribution is 6.27. The molecule has 0 saturated carbocycles. The lowest BCUT2D eigenvalue weighted by Gasteiger charge is -1.96. The number of aldehydes is 1. The predicted octanol–water partition coefficient (Wildman–Crippen LogP) is -1.89. The maximum Gasteiger partial charge on any atom is 0.225 e. The van der Waals surface area contributed by atoms with Crippen molar-refractivity contribution >= 4 is 12.1 Å². The molecule has 0 amide bonds. The van der Waals surface area contributed by atoms with Gasteiger partial charge in [0.1, 0.15) is 6.10 Å². The lowest BCUT2D eigenvalue weighted by molar-refractivity contribution is -0.136. The van der Waals surface area contributed by atoms with E-state index in [4.69, 9.17) is 10.2 Å². The van der Waals surface area contributed by atoms with Gasteiger partial charge in [0, 0.05) is 0 Å². The first-order valence-corrected chi connectivity index (χ1v) is 2.00. The quantitative estimate of drug-likeness (QED) is 0.335. The fourth-order valence-electron chi connectivity index (χ4n) is 0.169. The number of aliphatic hydroxyl groups excluding tert-OH is 2. The normalized spacial score (nSPS) is 12.8. The van der Waals surface area contributed by atoms with Crippen molar-refractivity contribution in [2.24, 2.45) is 0 Å². The Morgan fingerprint density at radius 1 is 1.75 bits per heavy atom. The fraction of sp³-hybridized carbons (Fsp3) is 0.500. The highest BCUT2D eigenvalue weighted by Crippen LogP contribution is 1.77. The molecule has 0 bridgehead atoms. The first-order valence-electron chi connectivity index (χ1n) is 2.00. The molecule has 0 fully saturated rings. The van der Waals surface area contributed by atoms with Crippen molar-refractivity contribution in [3.05, 3.63) is 0 Å². The smallest absolute Gasteiger partial charge is 0.225 e. The number of carbonyl (C=O) groups excluding carboxylic acids is 2. The summed E-state index contributed by atoms with van der Waals surface area (Å²) in [6.45, 7) is -0.697. The summed E-state index contributed by atoms with van der Waals surface area (Å²) in [6.07, 6.45) is -1.56. The Morgan fingerprint density at radius 2 is 2.25 bits per heavy atom. The molecule has 4 heteroatoms. The van der Waals surface area contributed by atoms with E-state index >= 15 is 0 Å². The zero-order valence-corrected chi connectivity index (χ0v) is 4.07. The molecule has 8 heavy (non-hydrogen) atoms. The standard InChI is InChI=1S/C4H6O4/c5-1-3(7)4(8)2-6/h1,4,6,8H,2H2/t4-/m1/s1. The zero-order valence-electron chi connectivity index (χ0n) is 4.07. The van der Waals surface area contributed by atoms with Crippen molar-refractivity contribution in [3.63, 3.8) is 0 Å². The van der Waals surface area contributed by atoms with Gasteiger partial charge in [0.15, 0.2) is 6.29 Å². The van der Waals surface area contributed by atoms with Gasteiger partial charge in [-0.2, -0.15) is 0 Å². The Kier molecular flexibility index (Phi) is 2.98. The SMILES string of the molecule is O=CC(=O)[C@H](O)CO. The molecule has 0 unspecified atom stereocenters. The van der Waals surface area contributed by atoms with Crippen LogP contribution in [-0.4, -0.2) is 35.0 Å². The van der Waals surface area contributed by atoms with Crippen molar-refractivity contribution in [1.82, 2.24) is 0 Å². The van der Waals surface area contributed by atoms with Crippen LogP contribution in [0, 0.1) is 0 Å². The highest BCUT2D eigenvalue weighted by atomic mass is 16.3. The van der Waals surface area contributed by atoms with Crippen LogP contribution in [0.2, 0.25) is 0 Å². The zero-order chi connectivity index (χ0) is 6.57. The number of aliphatic hydroxyl groups is 2. The van der Waals surface area contributed by atoms with Crippen LogP contribution in [0.25, 0.3) is 0 Å². The van der Waals surface area contributed by atoms with E-state index in [0.717, 1.165) is 0 Å². The number of hydrogen-bond acceptors (Lipinski definition) is 4. The molecule has 0 aromatic rings. The van der Waals surface area contributed by atoms with Crippen molar-refractivity contribution in [3.8, 4) is 0 Å². The van der Waals surface area contributed by atoms with Crippen LogP contribution >= 0.6 is 0 Å². The molecule has 0 aliphatic rings. The second-order valence-corrected chi connectivity index (χ2v) is 1.22. The van der Waals surface area contributed by atoms with E-state index in [1.807, 2.05) is 0 Å². The van der Waals surface area contributed by atoms with Crippen LogP contribution in [0.1, 0.15) is 0 Å². The Morgan fingerprint density at radius 3 is 2.38 bits per heavy atom. The molecule has 0 aliphatic carbocycles. The van der Waals surface area contributed by atoms with Gasteiger partial charge in [0.05, 0.1) is 6.61 Å². The van der Waals surface area contributed by atoms with Crippen LogP contribution in [0.15, 0.2) is 0 Å². The number of rotatable bonds is 3. The molecule has 0 heterocycles. The third kappa shape index (κ3) is 1.81. The molecule has 1 atom stereocenters. The lowest BCUT2D eigenvalue weighted by Crippen LogP contribution is -2.24. The highest BCUT2D eigenvalue weighted by Gasteiger charge is 2.10. The van der Waals surface area contributed by atoms with E-state index in [-0.39, 0.29) is 6.29 Å². The monoisotopic (exact) mass is 118 g/mol. The van der Waals surface area contributed by atoms with E-state index in [9.17, 15) is 9.59 Å². The van der Waals surface area contributed by atoms with Crippen molar-refractivity contribution < 1.29 is 19.8 Å². The summed E-state index contributed by atoms with van der Waals surface area (Å²) in [5.74, 6) is -0.993. The molecule has 0 rings (SSSR count). The van der Waals surface area contributed by atoms with Gasteiger partial charge in [-0.1, -0.05) is 0 Å². The number of ketones is 1. The van der Waals surface area contributed by atoms with E-state index < -0.39 is 18.5 Å². The molecule has 4 nitrogen and oxygen atoms in total. The predicted molar refractivity (Wildman–Crippen MR) is 24.2 cm³/mol. The molecule has 0 radical (unpaired) electrons. The summed E-state index contributed by atoms with van der Waals surface area (Å²) >= 11 is 0. The van der Waals surface area contributed by atoms with Gasteiger partial charge in [0.25, 0.3) is 0 Å². The Labute approximate surface area is 45.7 Å². The number of carbonyl (C=O) groups is 2. The Bertz CT molecular complexity index is 98.2. The Hall–Kier alpha value is -0.740. The van der Waals surface area contributed by atoms with E-state index in [0.29, 0.717) is 0 Å². The molecule has 0 aliphatic heterocycles. The fourth-order valence-corrected chi connectivity index (χ4v) is 0.169. The van der Waals surface area contributed by atoms with Crippen LogP contribution in [0.5, 0.6) is 0 Å². The largest absolute Gasteiger partial charge is 0.393 e. The van der Waals surface area contributed by atoms with Gasteiger partial charge in [-0.05, 0) is 0 Å². The molecule has 0 saturated heterocycles. The van der Waals surface area contributed by atoms with Crippen LogP contribution in [0.4, 0.5) is 0 Å². The van der Waals surface area contributed by atoms with Crippen molar-refractivity contribution in [2.45, 2.75) is 6.10 Å². The van der Waals surface area contributed by atoms with Crippen LogP contribution < -0.4 is 0 Å². The first kappa shape index (κ1) is 7.26. The minimum atomic E-state index is -1.53. The molecular formula is C4H6O4. The third-order valence-corrected chi connectivity index (χ3v) is 0.618. The van der Waals surface area contributed by atoms with Crippen molar-refractivity contribution in [2.75, 3.05) is 6.61 Å². The van der Waals surface area contributed by atoms with Crippen LogP contribution in [0.3, 0.4) is 0 Å². The van der Waals surface area contributed by atoms with Crippen LogP contribution in [-0.2, 0) is 9.59 Å². The van der Waals surface area contributed by atoms with E-state index in [2.05, 4.69) is 0 Å². The summed E-state index contributed by atoms with van der Waals surface area (Å²) in [7, 11) is 0. The van der Waals surface area contributed by atoms with E-state index in [1.165, 1.54) is 0 Å². The van der Waals surface area contributed by atoms with Gasteiger partial charge < -0.3 is 10.2 Å². The topological polar surface area (TPSA) is 74.6 Å². The average molecular weight is 118 g/mol. The molecule has 46 valence electrons. The van der Waals surface area contributed by atoms with Gasteiger partial charge >= 0.3 is 0 Å². The molecule has 0 spiro atoms. The van der Waals surface area contributed by atoms with Gasteiger partial charge in [0.2, 0.25) is 5.78 Å². The molecule has 0 aromatic carbocycles. The second-order valence-electron chi connectivity index (χ2n) is 1.22. The van der Waals surface area contributed by atoms with E-state index in [1.54, 1.807) is 0 Å². The van der Waals surface area contributed by atoms with Gasteiger partial charge in [-0.15, -0.1) is 0 Å². The van der Waals surface area contributed by atoms with Gasteiger partial charge in [-0.25, -0.2) is 0 Å². The molecular weight excluding hydrogens is 112 g/mol. The lowest BCUT2D eigenvalue weighted by atomic mass is 10.3. The second kappa shape index (κ2) is 3.29. The number of Topliss-reactive ketones (excluding diaryl/α,β-unsaturated/α-hetero) is 1. The maximum atomic E-state index is 9.96. The number of hydrogen-bond donors (Lipinski definition) is 2. The minimum absolute atomic E-state index is 0.0269. The summed E-state index contributed by atoms with van der Waals surface area (Å²) in [5.41, 5.74) is 0. The minimum Gasteiger partial charge on any atom is -0.393 e. The summed E-state index contributed by atoms with van der Waals surface area (Å²) in [5, 5.41) is 16.3. The third-order valence-electron chi connectivity index (χ3n) is 0.618. The average Bonchev–Trinajstić information content (AvgIpc) is 1.84.